The Balaban J connectivity index is 1.67. The number of benzene rings is 1. The largest absolute Gasteiger partial charge is 0.364 e. The Morgan fingerprint density at radius 2 is 1.79 bits per heavy atom. The third kappa shape index (κ3) is 3.36. The summed E-state index contributed by atoms with van der Waals surface area (Å²) in [6, 6.07) is 12.5. The smallest absolute Gasteiger partial charge is 0.227 e. The Morgan fingerprint density at radius 3 is 2.58 bits per heavy atom. The Morgan fingerprint density at radius 1 is 0.958 bits per heavy atom. The molecule has 1 fully saturated rings. The van der Waals surface area contributed by atoms with E-state index in [4.69, 9.17) is 9.97 Å². The van der Waals surface area contributed by atoms with Gasteiger partial charge in [-0.1, -0.05) is 31.0 Å². The summed E-state index contributed by atoms with van der Waals surface area (Å²) in [6.45, 7) is 2.92. The number of aromatic nitrogens is 2. The minimum atomic E-state index is 0.804. The summed E-state index contributed by atoms with van der Waals surface area (Å²) in [6.07, 6.45) is 5.09. The number of hydrogen-bond acceptors (Lipinski definition) is 5. The van der Waals surface area contributed by atoms with E-state index in [1.165, 1.54) is 30.6 Å². The highest BCUT2D eigenvalue weighted by Crippen LogP contribution is 2.25. The molecule has 5 heteroatoms. The molecule has 1 N–H and O–H groups in total. The van der Waals surface area contributed by atoms with Crippen LogP contribution in [0.3, 0.4) is 0 Å². The molecule has 1 aromatic carbocycles. The van der Waals surface area contributed by atoms with Crippen molar-refractivity contribution >= 4 is 34.0 Å². The van der Waals surface area contributed by atoms with Crippen LogP contribution in [-0.2, 0) is 6.54 Å². The minimum absolute atomic E-state index is 0.804. The minimum Gasteiger partial charge on any atom is -0.364 e. The molecule has 24 heavy (non-hydrogen) atoms. The zero-order valence-corrected chi connectivity index (χ0v) is 14.6. The third-order valence-corrected chi connectivity index (χ3v) is 5.37. The van der Waals surface area contributed by atoms with E-state index in [2.05, 4.69) is 39.9 Å². The average molecular weight is 338 g/mol. The van der Waals surface area contributed by atoms with Gasteiger partial charge in [0.2, 0.25) is 5.95 Å². The molecule has 2 aromatic heterocycles. The number of para-hydroxylation sites is 1. The molecule has 0 amide bonds. The summed E-state index contributed by atoms with van der Waals surface area (Å²) >= 11 is 1.77. The number of anilines is 2. The Kier molecular flexibility index (Phi) is 4.60. The zero-order valence-electron chi connectivity index (χ0n) is 13.7. The third-order valence-electron chi connectivity index (χ3n) is 4.49. The van der Waals surface area contributed by atoms with Crippen LogP contribution in [-0.4, -0.2) is 23.1 Å². The first-order valence-electron chi connectivity index (χ1n) is 8.68. The van der Waals surface area contributed by atoms with Crippen LogP contribution in [0.2, 0.25) is 0 Å². The van der Waals surface area contributed by atoms with Crippen LogP contribution >= 0.6 is 11.3 Å². The average Bonchev–Trinajstić information content (AvgIpc) is 2.99. The first-order chi connectivity index (χ1) is 11.9. The number of hydrogen-bond donors (Lipinski definition) is 1. The van der Waals surface area contributed by atoms with Gasteiger partial charge in [-0.15, -0.1) is 11.3 Å². The Hall–Kier alpha value is -2.14. The van der Waals surface area contributed by atoms with Crippen LogP contribution < -0.4 is 10.2 Å². The molecule has 0 radical (unpaired) electrons. The molecule has 0 atom stereocenters. The highest BCUT2D eigenvalue weighted by Gasteiger charge is 2.15. The van der Waals surface area contributed by atoms with Crippen molar-refractivity contribution in [3.05, 3.63) is 46.7 Å². The predicted molar refractivity (Wildman–Crippen MR) is 102 cm³/mol. The molecule has 0 spiro atoms. The Bertz CT molecular complexity index is 792. The molecule has 1 aliphatic heterocycles. The van der Waals surface area contributed by atoms with Crippen molar-refractivity contribution in [2.24, 2.45) is 0 Å². The molecule has 3 aromatic rings. The predicted octanol–water partition coefficient (Wildman–Crippen LogP) is 4.68. The maximum atomic E-state index is 4.87. The fourth-order valence-corrected chi connectivity index (χ4v) is 3.84. The van der Waals surface area contributed by atoms with Gasteiger partial charge in [0.1, 0.15) is 5.82 Å². The fourth-order valence-electron chi connectivity index (χ4n) is 3.20. The van der Waals surface area contributed by atoms with E-state index < -0.39 is 0 Å². The van der Waals surface area contributed by atoms with Crippen molar-refractivity contribution in [1.29, 1.82) is 0 Å². The second-order valence-corrected chi connectivity index (χ2v) is 7.26. The Labute approximate surface area is 146 Å². The molecule has 124 valence electrons. The molecule has 0 saturated carbocycles. The van der Waals surface area contributed by atoms with Gasteiger partial charge in [0.25, 0.3) is 0 Å². The molecule has 0 bridgehead atoms. The van der Waals surface area contributed by atoms with E-state index in [0.29, 0.717) is 0 Å². The van der Waals surface area contributed by atoms with Gasteiger partial charge in [-0.3, -0.25) is 0 Å². The second-order valence-electron chi connectivity index (χ2n) is 6.22. The lowest BCUT2D eigenvalue weighted by molar-refractivity contribution is 0.726. The highest BCUT2D eigenvalue weighted by molar-refractivity contribution is 7.09. The molecular weight excluding hydrogens is 316 g/mol. The lowest BCUT2D eigenvalue weighted by atomic mass is 10.2. The molecular formula is C19H22N4S. The normalized spacial score (nSPS) is 15.4. The summed E-state index contributed by atoms with van der Waals surface area (Å²) in [4.78, 5) is 13.4. The molecule has 0 unspecified atom stereocenters. The van der Waals surface area contributed by atoms with Gasteiger partial charge in [0.05, 0.1) is 12.1 Å². The standard InChI is InChI=1S/C19H22N4S/c1-2-6-12-23(11-5-1)19-21-17-10-4-3-9-16(17)18(22-19)20-14-15-8-7-13-24-15/h3-4,7-10,13H,1-2,5-6,11-12,14H2,(H,20,21,22). The van der Waals surface area contributed by atoms with Gasteiger partial charge < -0.3 is 10.2 Å². The number of thiophene rings is 1. The van der Waals surface area contributed by atoms with E-state index in [0.717, 1.165) is 42.3 Å². The summed E-state index contributed by atoms with van der Waals surface area (Å²) in [5.74, 6) is 1.80. The monoisotopic (exact) mass is 338 g/mol. The van der Waals surface area contributed by atoms with Crippen molar-refractivity contribution in [2.45, 2.75) is 32.2 Å². The molecule has 1 aliphatic rings. The van der Waals surface area contributed by atoms with Gasteiger partial charge in [0, 0.05) is 23.4 Å². The van der Waals surface area contributed by atoms with Crippen molar-refractivity contribution < 1.29 is 0 Å². The van der Waals surface area contributed by atoms with Crippen LogP contribution in [0.5, 0.6) is 0 Å². The van der Waals surface area contributed by atoms with E-state index in [-0.39, 0.29) is 0 Å². The van der Waals surface area contributed by atoms with E-state index in [9.17, 15) is 0 Å². The molecule has 4 nitrogen and oxygen atoms in total. The topological polar surface area (TPSA) is 41.1 Å². The van der Waals surface area contributed by atoms with Gasteiger partial charge in [0.15, 0.2) is 0 Å². The first kappa shape index (κ1) is 15.4. The molecule has 1 saturated heterocycles. The number of fused-ring (bicyclic) bond motifs is 1. The summed E-state index contributed by atoms with van der Waals surface area (Å²) < 4.78 is 0. The quantitative estimate of drug-likeness (QED) is 0.749. The number of nitrogens with one attached hydrogen (secondary N) is 1. The van der Waals surface area contributed by atoms with Crippen molar-refractivity contribution in [3.63, 3.8) is 0 Å². The van der Waals surface area contributed by atoms with Crippen LogP contribution in [0.4, 0.5) is 11.8 Å². The van der Waals surface area contributed by atoms with E-state index in [1.54, 1.807) is 11.3 Å². The fraction of sp³-hybridized carbons (Fsp3) is 0.368. The van der Waals surface area contributed by atoms with Crippen molar-refractivity contribution in [1.82, 2.24) is 9.97 Å². The molecule has 3 heterocycles. The number of rotatable bonds is 4. The van der Waals surface area contributed by atoms with Crippen LogP contribution in [0.15, 0.2) is 41.8 Å². The van der Waals surface area contributed by atoms with Crippen LogP contribution in [0, 0.1) is 0 Å². The molecule has 0 aliphatic carbocycles. The molecule has 4 rings (SSSR count). The SMILES string of the molecule is c1csc(CNc2nc(N3CCCCCC3)nc3ccccc23)c1. The second kappa shape index (κ2) is 7.18. The van der Waals surface area contributed by atoms with E-state index in [1.807, 2.05) is 12.1 Å². The zero-order chi connectivity index (χ0) is 16.2. The van der Waals surface area contributed by atoms with Crippen LogP contribution in [0.25, 0.3) is 10.9 Å². The maximum Gasteiger partial charge on any atom is 0.227 e. The summed E-state index contributed by atoms with van der Waals surface area (Å²) in [5.41, 5.74) is 1.01. The van der Waals surface area contributed by atoms with Gasteiger partial charge in [-0.25, -0.2) is 4.98 Å². The highest BCUT2D eigenvalue weighted by atomic mass is 32.1. The van der Waals surface area contributed by atoms with Gasteiger partial charge in [-0.05, 0) is 36.4 Å². The van der Waals surface area contributed by atoms with Crippen molar-refractivity contribution in [2.75, 3.05) is 23.3 Å². The summed E-state index contributed by atoms with van der Waals surface area (Å²) in [7, 11) is 0. The summed E-state index contributed by atoms with van der Waals surface area (Å²) in [5, 5.41) is 6.72. The maximum absolute atomic E-state index is 4.87. The lowest BCUT2D eigenvalue weighted by Gasteiger charge is -2.21. The van der Waals surface area contributed by atoms with Gasteiger partial charge >= 0.3 is 0 Å². The van der Waals surface area contributed by atoms with Crippen molar-refractivity contribution in [3.8, 4) is 0 Å². The lowest BCUT2D eigenvalue weighted by Crippen LogP contribution is -2.26. The number of nitrogens with zero attached hydrogens (tertiary/aromatic N) is 3. The van der Waals surface area contributed by atoms with Crippen LogP contribution in [0.1, 0.15) is 30.6 Å². The first-order valence-corrected chi connectivity index (χ1v) is 9.56. The van der Waals surface area contributed by atoms with Gasteiger partial charge in [-0.2, -0.15) is 4.98 Å². The van der Waals surface area contributed by atoms with E-state index >= 15 is 0 Å².